The first-order chi connectivity index (χ1) is 8.12. The summed E-state index contributed by atoms with van der Waals surface area (Å²) in [6.45, 7) is 8.09. The highest BCUT2D eigenvalue weighted by atomic mass is 15.4. The van der Waals surface area contributed by atoms with Crippen LogP contribution in [0, 0.1) is 5.41 Å². The number of anilines is 1. The molecule has 0 radical (unpaired) electrons. The molecule has 4 N–H and O–H groups in total. The van der Waals surface area contributed by atoms with Gasteiger partial charge in [-0.05, 0) is 18.4 Å². The lowest BCUT2D eigenvalue weighted by Crippen LogP contribution is -2.44. The van der Waals surface area contributed by atoms with E-state index >= 15 is 0 Å². The van der Waals surface area contributed by atoms with Crippen LogP contribution in [0.4, 0.5) is 5.82 Å². The molecule has 0 spiro atoms. The summed E-state index contributed by atoms with van der Waals surface area (Å²) in [5, 5.41) is 11.1. The van der Waals surface area contributed by atoms with Gasteiger partial charge in [-0.2, -0.15) is 5.10 Å². The van der Waals surface area contributed by atoms with Crippen LogP contribution in [0.5, 0.6) is 0 Å². The summed E-state index contributed by atoms with van der Waals surface area (Å²) in [7, 11) is 0. The molecule has 17 heavy (non-hydrogen) atoms. The molecular formula is C12H23N5. The van der Waals surface area contributed by atoms with Gasteiger partial charge in [-0.15, -0.1) is 0 Å². The molecule has 1 aromatic rings. The van der Waals surface area contributed by atoms with Crippen LogP contribution >= 0.6 is 0 Å². The van der Waals surface area contributed by atoms with Gasteiger partial charge in [0.2, 0.25) is 0 Å². The van der Waals surface area contributed by atoms with E-state index in [2.05, 4.69) is 34.3 Å². The van der Waals surface area contributed by atoms with E-state index < -0.39 is 0 Å². The predicted octanol–water partition coefficient (Wildman–Crippen LogP) is 0.814. The Morgan fingerprint density at radius 2 is 2.35 bits per heavy atom. The molecule has 0 bridgehead atoms. The molecule has 1 aliphatic rings. The number of hydrogen-bond acceptors (Lipinski definition) is 4. The molecule has 0 aliphatic carbocycles. The highest BCUT2D eigenvalue weighted by molar-refractivity contribution is 5.34. The summed E-state index contributed by atoms with van der Waals surface area (Å²) in [5.41, 5.74) is 5.93. The van der Waals surface area contributed by atoms with Crippen molar-refractivity contribution in [2.45, 2.75) is 26.3 Å². The predicted molar refractivity (Wildman–Crippen MR) is 70.1 cm³/mol. The second-order valence-electron chi connectivity index (χ2n) is 5.52. The molecule has 2 rings (SSSR count). The average Bonchev–Trinajstić information content (AvgIpc) is 2.64. The maximum absolute atomic E-state index is 5.72. The molecule has 96 valence electrons. The zero-order valence-corrected chi connectivity index (χ0v) is 10.7. The van der Waals surface area contributed by atoms with E-state index in [0.717, 1.165) is 38.4 Å². The molecule has 0 aromatic carbocycles. The van der Waals surface area contributed by atoms with Gasteiger partial charge in [0.05, 0.1) is 12.2 Å². The van der Waals surface area contributed by atoms with Crippen molar-refractivity contribution in [3.8, 4) is 0 Å². The smallest absolute Gasteiger partial charge is 0.124 e. The van der Waals surface area contributed by atoms with E-state index in [1.54, 1.807) is 0 Å². The monoisotopic (exact) mass is 237 g/mol. The summed E-state index contributed by atoms with van der Waals surface area (Å²) >= 11 is 0. The van der Waals surface area contributed by atoms with Crippen molar-refractivity contribution in [3.63, 3.8) is 0 Å². The van der Waals surface area contributed by atoms with Crippen molar-refractivity contribution in [1.29, 1.82) is 0 Å². The van der Waals surface area contributed by atoms with Gasteiger partial charge < -0.3 is 16.4 Å². The molecule has 1 fully saturated rings. The molecule has 1 saturated heterocycles. The van der Waals surface area contributed by atoms with Crippen LogP contribution in [0.1, 0.15) is 26.3 Å². The maximum atomic E-state index is 5.72. The van der Waals surface area contributed by atoms with Gasteiger partial charge in [0, 0.05) is 25.7 Å². The number of rotatable bonds is 6. The Morgan fingerprint density at radius 1 is 1.59 bits per heavy atom. The lowest BCUT2D eigenvalue weighted by molar-refractivity contribution is 0.320. The fraction of sp³-hybridized carbons (Fsp3) is 0.750. The molecule has 5 nitrogen and oxygen atoms in total. The number of nitrogens with one attached hydrogen (secondary N) is 2. The molecule has 0 amide bonds. The van der Waals surface area contributed by atoms with Gasteiger partial charge in [-0.3, -0.25) is 0 Å². The van der Waals surface area contributed by atoms with Crippen LogP contribution in [0.15, 0.2) is 12.3 Å². The van der Waals surface area contributed by atoms with Crippen molar-refractivity contribution in [2.75, 3.05) is 31.5 Å². The van der Waals surface area contributed by atoms with Crippen LogP contribution in [0.25, 0.3) is 0 Å². The Kier molecular flexibility index (Phi) is 3.69. The zero-order valence-electron chi connectivity index (χ0n) is 10.7. The van der Waals surface area contributed by atoms with Crippen LogP contribution in [0.3, 0.4) is 0 Å². The lowest BCUT2D eigenvalue weighted by atomic mass is 9.90. The Balaban J connectivity index is 1.84. The minimum atomic E-state index is 0.204. The molecule has 1 aromatic heterocycles. The van der Waals surface area contributed by atoms with Gasteiger partial charge in [0.15, 0.2) is 0 Å². The third kappa shape index (κ3) is 2.98. The van der Waals surface area contributed by atoms with Crippen LogP contribution < -0.4 is 16.4 Å². The second kappa shape index (κ2) is 5.06. The topological polar surface area (TPSA) is 67.9 Å². The Labute approximate surface area is 103 Å². The molecule has 5 heteroatoms. The van der Waals surface area contributed by atoms with Gasteiger partial charge in [0.1, 0.15) is 5.82 Å². The second-order valence-corrected chi connectivity index (χ2v) is 5.52. The molecule has 0 atom stereocenters. The fourth-order valence-electron chi connectivity index (χ4n) is 1.82. The maximum Gasteiger partial charge on any atom is 0.124 e. The zero-order chi connectivity index (χ0) is 12.3. The first kappa shape index (κ1) is 12.4. The summed E-state index contributed by atoms with van der Waals surface area (Å²) in [6, 6.07) is 2.54. The summed E-state index contributed by atoms with van der Waals surface area (Å²) in [6.07, 6.45) is 2.92. The Bertz CT molecular complexity index is 354. The van der Waals surface area contributed by atoms with Crippen LogP contribution in [-0.4, -0.2) is 36.0 Å². The minimum absolute atomic E-state index is 0.204. The molecule has 0 unspecified atom stereocenters. The van der Waals surface area contributed by atoms with Crippen LogP contribution in [0.2, 0.25) is 0 Å². The number of aromatic nitrogens is 2. The number of hydrogen-bond donors (Lipinski definition) is 3. The van der Waals surface area contributed by atoms with Crippen LogP contribution in [-0.2, 0) is 0 Å². The summed E-state index contributed by atoms with van der Waals surface area (Å²) < 4.78 is 2.08. The van der Waals surface area contributed by atoms with Crippen molar-refractivity contribution < 1.29 is 0 Å². The van der Waals surface area contributed by atoms with Crippen molar-refractivity contribution in [1.82, 2.24) is 15.1 Å². The largest absolute Gasteiger partial charge is 0.370 e. The Hall–Kier alpha value is -1.07. The minimum Gasteiger partial charge on any atom is -0.370 e. The highest BCUT2D eigenvalue weighted by Gasteiger charge is 2.21. The summed E-state index contributed by atoms with van der Waals surface area (Å²) in [5.74, 6) is 1.12. The normalized spacial score (nSPS) is 16.9. The first-order valence-electron chi connectivity index (χ1n) is 6.30. The van der Waals surface area contributed by atoms with Gasteiger partial charge >= 0.3 is 0 Å². The SMILES string of the molecule is CC(C)(CN)CCNc1ccnn1C1CNC1. The van der Waals surface area contributed by atoms with E-state index in [0.29, 0.717) is 6.04 Å². The van der Waals surface area contributed by atoms with E-state index in [-0.39, 0.29) is 5.41 Å². The average molecular weight is 237 g/mol. The van der Waals surface area contributed by atoms with Gasteiger partial charge in [0.25, 0.3) is 0 Å². The Morgan fingerprint density at radius 3 is 2.94 bits per heavy atom. The molecular weight excluding hydrogens is 214 g/mol. The van der Waals surface area contributed by atoms with Gasteiger partial charge in [-0.1, -0.05) is 13.8 Å². The fourth-order valence-corrected chi connectivity index (χ4v) is 1.82. The standard InChI is InChI=1S/C12H23N5/c1-12(2,9-13)4-6-15-11-3-5-16-17(11)10-7-14-8-10/h3,5,10,14-15H,4,6-9,13H2,1-2H3. The van der Waals surface area contributed by atoms with E-state index in [9.17, 15) is 0 Å². The van der Waals surface area contributed by atoms with Crippen molar-refractivity contribution in [2.24, 2.45) is 11.1 Å². The third-order valence-corrected chi connectivity index (χ3v) is 3.44. The van der Waals surface area contributed by atoms with E-state index in [1.165, 1.54) is 0 Å². The molecule has 1 aliphatic heterocycles. The highest BCUT2D eigenvalue weighted by Crippen LogP contribution is 2.20. The number of nitrogens with two attached hydrogens (primary N) is 1. The first-order valence-corrected chi connectivity index (χ1v) is 6.30. The van der Waals surface area contributed by atoms with E-state index in [4.69, 9.17) is 5.73 Å². The van der Waals surface area contributed by atoms with Gasteiger partial charge in [-0.25, -0.2) is 4.68 Å². The quantitative estimate of drug-likeness (QED) is 0.685. The van der Waals surface area contributed by atoms with Crippen molar-refractivity contribution in [3.05, 3.63) is 12.3 Å². The number of nitrogens with zero attached hydrogens (tertiary/aromatic N) is 2. The van der Waals surface area contributed by atoms with Crippen molar-refractivity contribution >= 4 is 5.82 Å². The molecule has 0 saturated carbocycles. The summed E-state index contributed by atoms with van der Waals surface area (Å²) in [4.78, 5) is 0. The third-order valence-electron chi connectivity index (χ3n) is 3.44. The lowest BCUT2D eigenvalue weighted by Gasteiger charge is -2.29. The molecule has 2 heterocycles. The van der Waals surface area contributed by atoms with E-state index in [1.807, 2.05) is 12.3 Å².